The molecule has 1 rings (SSSR count). The molecule has 78 valence electrons. The van der Waals surface area contributed by atoms with Crippen LogP contribution in [0.5, 0.6) is 0 Å². The van der Waals surface area contributed by atoms with Crippen molar-refractivity contribution in [2.45, 2.75) is 26.4 Å². The van der Waals surface area contributed by atoms with Crippen molar-refractivity contribution in [2.24, 2.45) is 7.05 Å². The minimum Gasteiger partial charge on any atom is -0.479 e. The van der Waals surface area contributed by atoms with Crippen molar-refractivity contribution in [3.05, 3.63) is 23.0 Å². The van der Waals surface area contributed by atoms with Crippen molar-refractivity contribution in [1.29, 1.82) is 0 Å². The lowest BCUT2D eigenvalue weighted by molar-refractivity contribution is -0.142. The van der Waals surface area contributed by atoms with Gasteiger partial charge in [0.2, 0.25) is 6.17 Å². The highest BCUT2D eigenvalue weighted by molar-refractivity contribution is 5.72. The maximum atomic E-state index is 12.9. The average molecular weight is 199 g/mol. The van der Waals surface area contributed by atoms with Gasteiger partial charge in [0.25, 0.3) is 0 Å². The summed E-state index contributed by atoms with van der Waals surface area (Å²) in [5.74, 6) is -1.40. The lowest BCUT2D eigenvalue weighted by Gasteiger charge is -2.03. The number of aliphatic carboxylic acids is 1. The van der Waals surface area contributed by atoms with Gasteiger partial charge in [0, 0.05) is 24.9 Å². The molecular formula is C10H14FNO2. The Morgan fingerprint density at radius 1 is 1.64 bits per heavy atom. The van der Waals surface area contributed by atoms with Gasteiger partial charge in [-0.15, -0.1) is 0 Å². The van der Waals surface area contributed by atoms with Crippen LogP contribution in [0.2, 0.25) is 0 Å². The Labute approximate surface area is 82.2 Å². The van der Waals surface area contributed by atoms with E-state index in [-0.39, 0.29) is 6.42 Å². The van der Waals surface area contributed by atoms with Crippen molar-refractivity contribution in [1.82, 2.24) is 4.57 Å². The molecule has 1 aromatic rings. The second-order valence-electron chi connectivity index (χ2n) is 3.47. The molecule has 3 nitrogen and oxygen atoms in total. The van der Waals surface area contributed by atoms with Crippen LogP contribution in [0, 0.1) is 13.8 Å². The van der Waals surface area contributed by atoms with Crippen LogP contribution in [-0.2, 0) is 18.3 Å². The van der Waals surface area contributed by atoms with Gasteiger partial charge in [0.05, 0.1) is 0 Å². The molecule has 0 bridgehead atoms. The summed E-state index contributed by atoms with van der Waals surface area (Å²) in [4.78, 5) is 10.3. The van der Waals surface area contributed by atoms with Crippen molar-refractivity contribution >= 4 is 5.97 Å². The molecule has 0 amide bonds. The second-order valence-corrected chi connectivity index (χ2v) is 3.47. The number of hydrogen-bond donors (Lipinski definition) is 1. The van der Waals surface area contributed by atoms with E-state index >= 15 is 0 Å². The zero-order valence-electron chi connectivity index (χ0n) is 8.54. The lowest BCUT2D eigenvalue weighted by atomic mass is 10.1. The first-order chi connectivity index (χ1) is 6.43. The molecule has 4 heteroatoms. The number of hydrogen-bond acceptors (Lipinski definition) is 1. The summed E-state index contributed by atoms with van der Waals surface area (Å²) < 4.78 is 14.8. The van der Waals surface area contributed by atoms with Gasteiger partial charge in [-0.25, -0.2) is 9.18 Å². The number of rotatable bonds is 3. The molecule has 0 aliphatic carbocycles. The summed E-state index contributed by atoms with van der Waals surface area (Å²) in [5.41, 5.74) is 2.70. The van der Waals surface area contributed by atoms with E-state index in [0.717, 1.165) is 17.0 Å². The van der Waals surface area contributed by atoms with Crippen LogP contribution >= 0.6 is 0 Å². The van der Waals surface area contributed by atoms with E-state index in [9.17, 15) is 9.18 Å². The number of aromatic nitrogens is 1. The van der Waals surface area contributed by atoms with Crippen molar-refractivity contribution in [2.75, 3.05) is 0 Å². The molecule has 1 heterocycles. The molecule has 1 atom stereocenters. The third-order valence-electron chi connectivity index (χ3n) is 2.55. The predicted octanol–water partition coefficient (Wildman–Crippen LogP) is 1.61. The van der Waals surface area contributed by atoms with Gasteiger partial charge in [-0.05, 0) is 25.5 Å². The van der Waals surface area contributed by atoms with Gasteiger partial charge < -0.3 is 9.67 Å². The van der Waals surface area contributed by atoms with Crippen molar-refractivity contribution < 1.29 is 14.3 Å². The molecule has 0 spiro atoms. The van der Waals surface area contributed by atoms with Crippen LogP contribution in [0.4, 0.5) is 4.39 Å². The highest BCUT2D eigenvalue weighted by Crippen LogP contribution is 2.16. The fourth-order valence-electron chi connectivity index (χ4n) is 1.42. The average Bonchev–Trinajstić information content (AvgIpc) is 2.33. The van der Waals surface area contributed by atoms with Crippen molar-refractivity contribution in [3.63, 3.8) is 0 Å². The summed E-state index contributed by atoms with van der Waals surface area (Å²) >= 11 is 0. The minimum atomic E-state index is -1.81. The van der Waals surface area contributed by atoms with E-state index in [4.69, 9.17) is 5.11 Å². The summed E-state index contributed by atoms with van der Waals surface area (Å²) in [6, 6.07) is 1.82. The SMILES string of the molecule is Cc1cc(CC(F)C(=O)O)c(C)n1C. The quantitative estimate of drug-likeness (QED) is 0.803. The fraction of sp³-hybridized carbons (Fsp3) is 0.500. The zero-order valence-corrected chi connectivity index (χ0v) is 8.54. The topological polar surface area (TPSA) is 42.2 Å². The molecule has 0 saturated heterocycles. The maximum absolute atomic E-state index is 12.9. The van der Waals surface area contributed by atoms with E-state index in [1.54, 1.807) is 0 Å². The number of alkyl halides is 1. The van der Waals surface area contributed by atoms with Crippen LogP contribution in [-0.4, -0.2) is 21.8 Å². The predicted molar refractivity (Wildman–Crippen MR) is 51.1 cm³/mol. The van der Waals surface area contributed by atoms with Gasteiger partial charge in [0.1, 0.15) is 0 Å². The highest BCUT2D eigenvalue weighted by atomic mass is 19.1. The van der Waals surface area contributed by atoms with Gasteiger partial charge in [0.15, 0.2) is 0 Å². The van der Waals surface area contributed by atoms with E-state index in [1.165, 1.54) is 0 Å². The van der Waals surface area contributed by atoms with Gasteiger partial charge >= 0.3 is 5.97 Å². The number of aryl methyl sites for hydroxylation is 1. The number of carboxylic acid groups (broad SMARTS) is 1. The van der Waals surface area contributed by atoms with Gasteiger partial charge in [-0.3, -0.25) is 0 Å². The normalized spacial score (nSPS) is 12.9. The standard InChI is InChI=1S/C10H14FNO2/c1-6-4-8(7(2)12(6)3)5-9(11)10(13)14/h4,9H,5H2,1-3H3,(H,13,14). The van der Waals surface area contributed by atoms with Crippen LogP contribution < -0.4 is 0 Å². The minimum absolute atomic E-state index is 0.0527. The first-order valence-electron chi connectivity index (χ1n) is 4.42. The largest absolute Gasteiger partial charge is 0.479 e. The Morgan fingerprint density at radius 3 is 2.57 bits per heavy atom. The first-order valence-corrected chi connectivity index (χ1v) is 4.42. The molecular weight excluding hydrogens is 185 g/mol. The highest BCUT2D eigenvalue weighted by Gasteiger charge is 2.18. The zero-order chi connectivity index (χ0) is 10.9. The molecule has 0 radical (unpaired) electrons. The van der Waals surface area contributed by atoms with Crippen LogP contribution in [0.3, 0.4) is 0 Å². The smallest absolute Gasteiger partial charge is 0.338 e. The Morgan fingerprint density at radius 2 is 2.21 bits per heavy atom. The van der Waals surface area contributed by atoms with E-state index in [1.807, 2.05) is 31.5 Å². The Hall–Kier alpha value is -1.32. The molecule has 14 heavy (non-hydrogen) atoms. The Bertz CT molecular complexity index is 357. The second kappa shape index (κ2) is 3.82. The van der Waals surface area contributed by atoms with Gasteiger partial charge in [-0.1, -0.05) is 0 Å². The number of carboxylic acids is 1. The molecule has 1 N–H and O–H groups in total. The van der Waals surface area contributed by atoms with Gasteiger partial charge in [-0.2, -0.15) is 0 Å². The number of carbonyl (C=O) groups is 1. The van der Waals surface area contributed by atoms with E-state index < -0.39 is 12.1 Å². The molecule has 0 aliphatic heterocycles. The van der Waals surface area contributed by atoms with E-state index in [0.29, 0.717) is 0 Å². The van der Waals surface area contributed by atoms with Crippen molar-refractivity contribution in [3.8, 4) is 0 Å². The Balaban J connectivity index is 2.87. The molecule has 0 aliphatic rings. The molecule has 1 aromatic heterocycles. The lowest BCUT2D eigenvalue weighted by Crippen LogP contribution is -2.17. The summed E-state index contributed by atoms with van der Waals surface area (Å²) in [5, 5.41) is 8.43. The fourth-order valence-corrected chi connectivity index (χ4v) is 1.42. The number of nitrogens with zero attached hydrogens (tertiary/aromatic N) is 1. The van der Waals surface area contributed by atoms with E-state index in [2.05, 4.69) is 0 Å². The molecule has 1 unspecified atom stereocenters. The van der Waals surface area contributed by atoms with Crippen LogP contribution in [0.1, 0.15) is 17.0 Å². The molecule has 0 aromatic carbocycles. The molecule has 0 fully saturated rings. The third kappa shape index (κ3) is 1.95. The van der Waals surface area contributed by atoms with Crippen LogP contribution in [0.25, 0.3) is 0 Å². The summed E-state index contributed by atoms with van der Waals surface area (Å²) in [6.07, 6.45) is -1.86. The first kappa shape index (κ1) is 10.8. The maximum Gasteiger partial charge on any atom is 0.338 e. The number of halogens is 1. The summed E-state index contributed by atoms with van der Waals surface area (Å²) in [7, 11) is 1.88. The monoisotopic (exact) mass is 199 g/mol. The summed E-state index contributed by atoms with van der Waals surface area (Å²) in [6.45, 7) is 3.77. The van der Waals surface area contributed by atoms with Crippen LogP contribution in [0.15, 0.2) is 6.07 Å². The Kier molecular flexibility index (Phi) is 2.93. The third-order valence-corrected chi connectivity index (χ3v) is 2.55. The molecule has 0 saturated carbocycles.